The minimum absolute atomic E-state index is 0. The molecule has 2 rings (SSSR count). The van der Waals surface area contributed by atoms with Crippen LogP contribution >= 0.6 is 24.0 Å². The number of nitrogens with zero attached hydrogens (tertiary/aromatic N) is 4. The minimum Gasteiger partial charge on any atom is -0.356 e. The van der Waals surface area contributed by atoms with Gasteiger partial charge < -0.3 is 10.2 Å². The molecule has 2 heterocycles. The summed E-state index contributed by atoms with van der Waals surface area (Å²) in [4.78, 5) is 6.81. The third-order valence-corrected chi connectivity index (χ3v) is 4.10. The monoisotopic (exact) mass is 419 g/mol. The lowest BCUT2D eigenvalue weighted by Crippen LogP contribution is -2.46. The van der Waals surface area contributed by atoms with Crippen molar-refractivity contribution in [3.8, 4) is 0 Å². The van der Waals surface area contributed by atoms with Gasteiger partial charge in [0.2, 0.25) is 0 Å². The van der Waals surface area contributed by atoms with Crippen LogP contribution in [0.4, 0.5) is 0 Å². The molecule has 22 heavy (non-hydrogen) atoms. The Labute approximate surface area is 151 Å². The SMILES string of the molecule is CN=C(NCCCn1nc(C)cc1C)N1CCCC(C)C1.I. The third-order valence-electron chi connectivity index (χ3n) is 4.10. The number of aromatic nitrogens is 2. The van der Waals surface area contributed by atoms with Gasteiger partial charge in [0.1, 0.15) is 0 Å². The van der Waals surface area contributed by atoms with E-state index in [0.717, 1.165) is 50.2 Å². The van der Waals surface area contributed by atoms with Gasteiger partial charge in [-0.05, 0) is 45.1 Å². The predicted octanol–water partition coefficient (Wildman–Crippen LogP) is 2.82. The van der Waals surface area contributed by atoms with E-state index in [0.29, 0.717) is 0 Å². The van der Waals surface area contributed by atoms with Crippen LogP contribution < -0.4 is 5.32 Å². The van der Waals surface area contributed by atoms with Crippen LogP contribution in [0.2, 0.25) is 0 Å². The molecule has 1 aromatic heterocycles. The normalized spacial score (nSPS) is 19.0. The Morgan fingerprint density at radius 2 is 2.23 bits per heavy atom. The van der Waals surface area contributed by atoms with E-state index in [1.807, 2.05) is 14.0 Å². The number of halogens is 1. The Kier molecular flexibility index (Phi) is 8.20. The largest absolute Gasteiger partial charge is 0.356 e. The molecule has 1 unspecified atom stereocenters. The molecule has 0 saturated carbocycles. The predicted molar refractivity (Wildman–Crippen MR) is 103 cm³/mol. The van der Waals surface area contributed by atoms with E-state index in [4.69, 9.17) is 0 Å². The van der Waals surface area contributed by atoms with Crippen LogP contribution in [-0.2, 0) is 6.54 Å². The Balaban J connectivity index is 0.00000242. The zero-order valence-corrected chi connectivity index (χ0v) is 16.6. The average molecular weight is 419 g/mol. The van der Waals surface area contributed by atoms with Crippen LogP contribution in [0, 0.1) is 19.8 Å². The molecule has 0 bridgehead atoms. The zero-order chi connectivity index (χ0) is 15.2. The number of aryl methyl sites for hydroxylation is 3. The molecule has 0 aliphatic carbocycles. The molecule has 5 nitrogen and oxygen atoms in total. The van der Waals surface area contributed by atoms with E-state index >= 15 is 0 Å². The van der Waals surface area contributed by atoms with Gasteiger partial charge in [0.25, 0.3) is 0 Å². The molecule has 1 aromatic rings. The van der Waals surface area contributed by atoms with E-state index in [1.54, 1.807) is 0 Å². The van der Waals surface area contributed by atoms with Crippen molar-refractivity contribution in [2.45, 2.75) is 46.6 Å². The van der Waals surface area contributed by atoms with E-state index in [2.05, 4.69) is 44.9 Å². The number of hydrogen-bond acceptors (Lipinski definition) is 2. The highest BCUT2D eigenvalue weighted by molar-refractivity contribution is 14.0. The second kappa shape index (κ2) is 9.37. The molecule has 126 valence electrons. The molecule has 0 spiro atoms. The maximum Gasteiger partial charge on any atom is 0.193 e. The summed E-state index contributed by atoms with van der Waals surface area (Å²) in [6.45, 7) is 10.6. The van der Waals surface area contributed by atoms with Crippen molar-refractivity contribution in [1.82, 2.24) is 20.0 Å². The van der Waals surface area contributed by atoms with E-state index < -0.39 is 0 Å². The lowest BCUT2D eigenvalue weighted by atomic mass is 10.0. The quantitative estimate of drug-likeness (QED) is 0.353. The van der Waals surface area contributed by atoms with Crippen molar-refractivity contribution in [1.29, 1.82) is 0 Å². The average Bonchev–Trinajstić information content (AvgIpc) is 2.77. The Bertz CT molecular complexity index is 483. The maximum absolute atomic E-state index is 4.50. The summed E-state index contributed by atoms with van der Waals surface area (Å²) < 4.78 is 2.09. The van der Waals surface area contributed by atoms with Crippen LogP contribution in [0.5, 0.6) is 0 Å². The molecule has 0 amide bonds. The van der Waals surface area contributed by atoms with Gasteiger partial charge in [-0.2, -0.15) is 5.10 Å². The number of piperidine rings is 1. The Hall–Kier alpha value is -0.790. The van der Waals surface area contributed by atoms with Crippen molar-refractivity contribution < 1.29 is 0 Å². The smallest absolute Gasteiger partial charge is 0.193 e. The molecule has 0 radical (unpaired) electrons. The zero-order valence-electron chi connectivity index (χ0n) is 14.3. The molecule has 1 saturated heterocycles. The van der Waals surface area contributed by atoms with Crippen LogP contribution in [0.3, 0.4) is 0 Å². The third kappa shape index (κ3) is 5.44. The molecule has 1 N–H and O–H groups in total. The van der Waals surface area contributed by atoms with Crippen molar-refractivity contribution in [2.75, 3.05) is 26.7 Å². The molecule has 0 aromatic carbocycles. The van der Waals surface area contributed by atoms with Crippen LogP contribution in [0.15, 0.2) is 11.1 Å². The lowest BCUT2D eigenvalue weighted by molar-refractivity contribution is 0.266. The molecular formula is C16H30IN5. The Morgan fingerprint density at radius 1 is 1.45 bits per heavy atom. The summed E-state index contributed by atoms with van der Waals surface area (Å²) >= 11 is 0. The van der Waals surface area contributed by atoms with Crippen LogP contribution in [0.25, 0.3) is 0 Å². The maximum atomic E-state index is 4.50. The molecule has 1 atom stereocenters. The van der Waals surface area contributed by atoms with E-state index in [1.165, 1.54) is 18.5 Å². The lowest BCUT2D eigenvalue weighted by Gasteiger charge is -2.33. The standard InChI is InChI=1S/C16H29N5.HI/c1-13-7-5-9-20(12-13)16(17-4)18-8-6-10-21-15(3)11-14(2)19-21;/h11,13H,5-10,12H2,1-4H3,(H,17,18);1H. The number of guanidine groups is 1. The molecule has 1 aliphatic rings. The van der Waals surface area contributed by atoms with Crippen LogP contribution in [0.1, 0.15) is 37.6 Å². The molecule has 1 aliphatic heterocycles. The number of nitrogens with one attached hydrogen (secondary N) is 1. The van der Waals surface area contributed by atoms with Gasteiger partial charge in [0, 0.05) is 38.9 Å². The van der Waals surface area contributed by atoms with Gasteiger partial charge >= 0.3 is 0 Å². The number of aliphatic imine (C=N–C) groups is 1. The highest BCUT2D eigenvalue weighted by Crippen LogP contribution is 2.15. The van der Waals surface area contributed by atoms with Crippen molar-refractivity contribution in [3.05, 3.63) is 17.5 Å². The van der Waals surface area contributed by atoms with Gasteiger partial charge in [-0.1, -0.05) is 6.92 Å². The Morgan fingerprint density at radius 3 is 2.82 bits per heavy atom. The van der Waals surface area contributed by atoms with Gasteiger partial charge in [-0.25, -0.2) is 0 Å². The van der Waals surface area contributed by atoms with Gasteiger partial charge in [0.15, 0.2) is 5.96 Å². The second-order valence-electron chi connectivity index (χ2n) is 6.17. The fourth-order valence-electron chi connectivity index (χ4n) is 3.04. The topological polar surface area (TPSA) is 45.5 Å². The van der Waals surface area contributed by atoms with Crippen molar-refractivity contribution >= 4 is 29.9 Å². The van der Waals surface area contributed by atoms with Gasteiger partial charge in [0.05, 0.1) is 5.69 Å². The summed E-state index contributed by atoms with van der Waals surface area (Å²) in [6.07, 6.45) is 3.67. The molecule has 6 heteroatoms. The fourth-order valence-corrected chi connectivity index (χ4v) is 3.04. The minimum atomic E-state index is 0. The van der Waals surface area contributed by atoms with E-state index in [9.17, 15) is 0 Å². The van der Waals surface area contributed by atoms with Gasteiger partial charge in [-0.15, -0.1) is 24.0 Å². The molecule has 1 fully saturated rings. The fraction of sp³-hybridized carbons (Fsp3) is 0.750. The second-order valence-corrected chi connectivity index (χ2v) is 6.17. The summed E-state index contributed by atoms with van der Waals surface area (Å²) in [7, 11) is 1.88. The summed E-state index contributed by atoms with van der Waals surface area (Å²) in [5, 5.41) is 7.99. The summed E-state index contributed by atoms with van der Waals surface area (Å²) in [5.74, 6) is 1.82. The first-order valence-electron chi connectivity index (χ1n) is 8.07. The first-order chi connectivity index (χ1) is 10.1. The van der Waals surface area contributed by atoms with Crippen molar-refractivity contribution in [2.24, 2.45) is 10.9 Å². The summed E-state index contributed by atoms with van der Waals surface area (Å²) in [5.41, 5.74) is 2.33. The van der Waals surface area contributed by atoms with Crippen molar-refractivity contribution in [3.63, 3.8) is 0 Å². The molecular weight excluding hydrogens is 389 g/mol. The van der Waals surface area contributed by atoms with Crippen LogP contribution in [-0.4, -0.2) is 47.3 Å². The number of likely N-dealkylation sites (tertiary alicyclic amines) is 1. The summed E-state index contributed by atoms with van der Waals surface area (Å²) in [6, 6.07) is 2.13. The number of rotatable bonds is 4. The highest BCUT2D eigenvalue weighted by atomic mass is 127. The van der Waals surface area contributed by atoms with Gasteiger partial charge in [-0.3, -0.25) is 9.67 Å². The highest BCUT2D eigenvalue weighted by Gasteiger charge is 2.18. The van der Waals surface area contributed by atoms with E-state index in [-0.39, 0.29) is 24.0 Å². The number of hydrogen-bond donors (Lipinski definition) is 1. The first-order valence-corrected chi connectivity index (χ1v) is 8.07. The first kappa shape index (κ1) is 19.3.